The number of aromatic nitrogens is 3. The normalized spacial score (nSPS) is 13.6. The van der Waals surface area contributed by atoms with Gasteiger partial charge in [-0.2, -0.15) is 5.10 Å². The minimum Gasteiger partial charge on any atom is -0.325 e. The first-order chi connectivity index (χ1) is 13.3. The number of anilines is 1. The summed E-state index contributed by atoms with van der Waals surface area (Å²) in [6.45, 7) is 7.73. The number of halogens is 2. The van der Waals surface area contributed by atoms with Gasteiger partial charge in [0, 0.05) is 23.2 Å². The molecule has 2 aromatic heterocycles. The first-order valence-corrected chi connectivity index (χ1v) is 9.44. The molecule has 1 aliphatic rings. The van der Waals surface area contributed by atoms with E-state index in [0.717, 1.165) is 22.4 Å². The van der Waals surface area contributed by atoms with Crippen molar-refractivity contribution in [3.05, 3.63) is 46.3 Å². The number of alkyl halides is 2. The Morgan fingerprint density at radius 3 is 2.61 bits per heavy atom. The minimum absolute atomic E-state index is 0.0338. The van der Waals surface area contributed by atoms with Gasteiger partial charge in [0.2, 0.25) is 5.91 Å². The molecule has 7 heteroatoms. The fourth-order valence-corrected chi connectivity index (χ4v) is 3.82. The van der Waals surface area contributed by atoms with Crippen molar-refractivity contribution in [1.29, 1.82) is 0 Å². The van der Waals surface area contributed by atoms with Gasteiger partial charge in [-0.1, -0.05) is 20.8 Å². The lowest BCUT2D eigenvalue weighted by molar-refractivity contribution is -0.115. The quantitative estimate of drug-likeness (QED) is 0.701. The maximum absolute atomic E-state index is 14.1. The van der Waals surface area contributed by atoms with E-state index in [2.05, 4.69) is 15.4 Å². The number of benzene rings is 1. The highest BCUT2D eigenvalue weighted by atomic mass is 19.3. The van der Waals surface area contributed by atoms with E-state index in [1.807, 2.05) is 39.8 Å². The van der Waals surface area contributed by atoms with Crippen LogP contribution in [0.5, 0.6) is 0 Å². The first-order valence-electron chi connectivity index (χ1n) is 9.44. The Morgan fingerprint density at radius 2 is 1.96 bits per heavy atom. The number of amides is 1. The molecule has 1 aliphatic heterocycles. The molecule has 4 rings (SSSR count). The van der Waals surface area contributed by atoms with E-state index in [-0.39, 0.29) is 23.8 Å². The van der Waals surface area contributed by atoms with Crippen LogP contribution in [0.15, 0.2) is 18.2 Å². The van der Waals surface area contributed by atoms with Gasteiger partial charge in [-0.25, -0.2) is 18.3 Å². The molecule has 1 amide bonds. The second-order valence-corrected chi connectivity index (χ2v) is 7.53. The van der Waals surface area contributed by atoms with Gasteiger partial charge >= 0.3 is 0 Å². The zero-order valence-corrected chi connectivity index (χ0v) is 16.3. The summed E-state index contributed by atoms with van der Waals surface area (Å²) in [5.41, 5.74) is 4.69. The zero-order valence-electron chi connectivity index (χ0n) is 16.3. The van der Waals surface area contributed by atoms with Crippen molar-refractivity contribution >= 4 is 17.2 Å². The number of carbonyl (C=O) groups excluding carboxylic acids is 1. The number of hydrogen-bond donors (Lipinski definition) is 1. The third kappa shape index (κ3) is 2.85. The topological polar surface area (TPSA) is 59.3 Å². The molecule has 0 aliphatic carbocycles. The molecule has 28 heavy (non-hydrogen) atoms. The summed E-state index contributed by atoms with van der Waals surface area (Å²) in [6, 6.07) is 5.19. The number of rotatable bonds is 4. The Labute approximate surface area is 161 Å². The predicted molar refractivity (Wildman–Crippen MR) is 104 cm³/mol. The number of pyridine rings is 1. The van der Waals surface area contributed by atoms with Crippen molar-refractivity contribution in [2.24, 2.45) is 0 Å². The van der Waals surface area contributed by atoms with E-state index in [9.17, 15) is 13.6 Å². The molecule has 0 fully saturated rings. The Kier molecular flexibility index (Phi) is 4.40. The fraction of sp³-hybridized carbons (Fsp3) is 0.381. The summed E-state index contributed by atoms with van der Waals surface area (Å²) in [5, 5.41) is 7.36. The lowest BCUT2D eigenvalue weighted by Gasteiger charge is -2.17. The molecule has 0 saturated heterocycles. The maximum Gasteiger partial charge on any atom is 0.265 e. The van der Waals surface area contributed by atoms with Crippen molar-refractivity contribution in [1.82, 2.24) is 14.6 Å². The summed E-state index contributed by atoms with van der Waals surface area (Å²) < 4.78 is 29.7. The molecular weight excluding hydrogens is 362 g/mol. The van der Waals surface area contributed by atoms with Gasteiger partial charge in [0.1, 0.15) is 0 Å². The minimum atomic E-state index is -2.65. The molecule has 5 nitrogen and oxygen atoms in total. The van der Waals surface area contributed by atoms with Crippen molar-refractivity contribution in [3.63, 3.8) is 0 Å². The highest BCUT2D eigenvalue weighted by Crippen LogP contribution is 2.38. The lowest BCUT2D eigenvalue weighted by atomic mass is 9.96. The van der Waals surface area contributed by atoms with Gasteiger partial charge in [0.05, 0.1) is 12.1 Å². The molecule has 0 saturated carbocycles. The van der Waals surface area contributed by atoms with Crippen molar-refractivity contribution in [2.45, 2.75) is 52.9 Å². The molecule has 0 radical (unpaired) electrons. The molecule has 1 aromatic carbocycles. The monoisotopic (exact) mass is 384 g/mol. The van der Waals surface area contributed by atoms with Gasteiger partial charge in [-0.05, 0) is 47.7 Å². The van der Waals surface area contributed by atoms with Crippen molar-refractivity contribution in [2.75, 3.05) is 5.32 Å². The maximum atomic E-state index is 14.1. The molecule has 0 bridgehead atoms. The fourth-order valence-electron chi connectivity index (χ4n) is 3.82. The number of carbonyl (C=O) groups is 1. The van der Waals surface area contributed by atoms with Crippen LogP contribution in [-0.4, -0.2) is 20.5 Å². The van der Waals surface area contributed by atoms with Gasteiger partial charge < -0.3 is 5.32 Å². The molecule has 146 valence electrons. The van der Waals surface area contributed by atoms with Crippen molar-refractivity contribution < 1.29 is 13.6 Å². The van der Waals surface area contributed by atoms with E-state index in [1.54, 1.807) is 10.6 Å². The Balaban J connectivity index is 2.06. The van der Waals surface area contributed by atoms with Gasteiger partial charge in [-0.3, -0.25) is 4.79 Å². The summed E-state index contributed by atoms with van der Waals surface area (Å²) in [4.78, 5) is 16.4. The van der Waals surface area contributed by atoms with Gasteiger partial charge in [-0.15, -0.1) is 0 Å². The zero-order chi connectivity index (χ0) is 20.2. The van der Waals surface area contributed by atoms with Crippen molar-refractivity contribution in [3.8, 4) is 11.3 Å². The van der Waals surface area contributed by atoms with Crippen LogP contribution in [-0.2, 0) is 17.6 Å². The number of hydrogen-bond acceptors (Lipinski definition) is 3. The van der Waals surface area contributed by atoms with Crippen LogP contribution in [0.1, 0.15) is 61.2 Å². The SMILES string of the molecule is CCc1nc2c(C(C)C)cc(C(F)F)c(-c3cc(C)c4c(c3)CC(=O)N4)n2n1. The standard InChI is InChI=1S/C21H22F2N4O/c1-5-16-24-21-14(10(2)3)9-15(20(22)23)19(27(21)26-16)13-6-11(4)18-12(7-13)8-17(28)25-18/h6-7,9-10,20H,5,8H2,1-4H3,(H,25,28). The summed E-state index contributed by atoms with van der Waals surface area (Å²) >= 11 is 0. The second-order valence-electron chi connectivity index (χ2n) is 7.53. The third-order valence-electron chi connectivity index (χ3n) is 5.18. The van der Waals surface area contributed by atoms with Crippen LogP contribution in [0.25, 0.3) is 16.9 Å². The number of fused-ring (bicyclic) bond motifs is 2. The first kappa shape index (κ1) is 18.5. The lowest BCUT2D eigenvalue weighted by Crippen LogP contribution is -2.06. The molecule has 1 N–H and O–H groups in total. The van der Waals surface area contributed by atoms with E-state index in [1.165, 1.54) is 0 Å². The van der Waals surface area contributed by atoms with E-state index < -0.39 is 6.43 Å². The van der Waals surface area contributed by atoms with Gasteiger partial charge in [0.15, 0.2) is 11.5 Å². The summed E-state index contributed by atoms with van der Waals surface area (Å²) in [7, 11) is 0. The Morgan fingerprint density at radius 1 is 1.21 bits per heavy atom. The van der Waals surface area contributed by atoms with Crippen LogP contribution in [0.3, 0.4) is 0 Å². The van der Waals surface area contributed by atoms with Crippen LogP contribution < -0.4 is 5.32 Å². The van der Waals surface area contributed by atoms with Crippen LogP contribution >= 0.6 is 0 Å². The molecule has 3 aromatic rings. The number of nitrogens with one attached hydrogen (secondary N) is 1. The number of nitrogens with zero attached hydrogens (tertiary/aromatic N) is 3. The highest BCUT2D eigenvalue weighted by Gasteiger charge is 2.26. The average molecular weight is 384 g/mol. The Bertz CT molecular complexity index is 1100. The molecular formula is C21H22F2N4O. The largest absolute Gasteiger partial charge is 0.325 e. The molecule has 0 atom stereocenters. The van der Waals surface area contributed by atoms with Gasteiger partial charge in [0.25, 0.3) is 6.43 Å². The summed E-state index contributed by atoms with van der Waals surface area (Å²) in [6.07, 6.45) is -1.79. The van der Waals surface area contributed by atoms with Crippen LogP contribution in [0.2, 0.25) is 0 Å². The molecule has 0 unspecified atom stereocenters. The van der Waals surface area contributed by atoms with E-state index >= 15 is 0 Å². The smallest absolute Gasteiger partial charge is 0.265 e. The predicted octanol–water partition coefficient (Wildman–Crippen LogP) is 4.82. The third-order valence-corrected chi connectivity index (χ3v) is 5.18. The highest BCUT2D eigenvalue weighted by molar-refractivity contribution is 6.00. The molecule has 0 spiro atoms. The average Bonchev–Trinajstić information content (AvgIpc) is 3.22. The van der Waals surface area contributed by atoms with Crippen LogP contribution in [0, 0.1) is 6.92 Å². The van der Waals surface area contributed by atoms with E-state index in [4.69, 9.17) is 0 Å². The Hall–Kier alpha value is -2.83. The molecule has 3 heterocycles. The van der Waals surface area contributed by atoms with Crippen LogP contribution in [0.4, 0.5) is 14.5 Å². The summed E-state index contributed by atoms with van der Waals surface area (Å²) in [5.74, 6) is 0.564. The number of aryl methyl sites for hydroxylation is 2. The second kappa shape index (κ2) is 6.65. The van der Waals surface area contributed by atoms with E-state index in [0.29, 0.717) is 29.1 Å².